The lowest BCUT2D eigenvalue weighted by Gasteiger charge is -2.39. The zero-order chi connectivity index (χ0) is 14.3. The standard InChI is InChI=1S/C15H27N3O2/c1-11-9-14(10-18(11)13-3-4-13)17-7-5-16(6-8-17)12(2)15(19)20/h11-14H,3-10H2,1-2H3,(H,19,20). The van der Waals surface area contributed by atoms with Crippen LogP contribution in [0.3, 0.4) is 0 Å². The molecule has 0 bridgehead atoms. The van der Waals surface area contributed by atoms with Gasteiger partial charge in [-0.1, -0.05) is 0 Å². The number of piperazine rings is 1. The minimum Gasteiger partial charge on any atom is -0.480 e. The second-order valence-electron chi connectivity index (χ2n) is 6.75. The van der Waals surface area contributed by atoms with E-state index in [2.05, 4.69) is 21.6 Å². The van der Waals surface area contributed by atoms with Gasteiger partial charge in [-0.3, -0.25) is 19.5 Å². The number of nitrogens with zero attached hydrogens (tertiary/aromatic N) is 3. The SMILES string of the molecule is CC(C(=O)O)N1CCN(C2CC(C)N(C3CC3)C2)CC1. The van der Waals surface area contributed by atoms with E-state index in [-0.39, 0.29) is 6.04 Å². The zero-order valence-electron chi connectivity index (χ0n) is 12.7. The number of likely N-dealkylation sites (tertiary alicyclic amines) is 1. The van der Waals surface area contributed by atoms with E-state index in [0.717, 1.165) is 38.3 Å². The molecule has 1 N–H and O–H groups in total. The molecule has 3 atom stereocenters. The molecule has 0 aromatic rings. The van der Waals surface area contributed by atoms with Crippen molar-refractivity contribution in [3.05, 3.63) is 0 Å². The van der Waals surface area contributed by atoms with Crippen molar-refractivity contribution in [1.82, 2.24) is 14.7 Å². The van der Waals surface area contributed by atoms with Crippen LogP contribution in [-0.4, -0.2) is 82.7 Å². The van der Waals surface area contributed by atoms with Gasteiger partial charge >= 0.3 is 5.97 Å². The number of hydrogen-bond donors (Lipinski definition) is 1. The maximum absolute atomic E-state index is 11.0. The number of rotatable bonds is 4. The molecule has 0 aromatic carbocycles. The highest BCUT2D eigenvalue weighted by molar-refractivity contribution is 5.72. The summed E-state index contributed by atoms with van der Waals surface area (Å²) in [5.41, 5.74) is 0. The molecule has 2 aliphatic heterocycles. The Morgan fingerprint density at radius 2 is 1.80 bits per heavy atom. The lowest BCUT2D eigenvalue weighted by molar-refractivity contribution is -0.143. The van der Waals surface area contributed by atoms with Crippen molar-refractivity contribution in [3.8, 4) is 0 Å². The smallest absolute Gasteiger partial charge is 0.320 e. The van der Waals surface area contributed by atoms with Crippen molar-refractivity contribution in [2.45, 2.75) is 57.3 Å². The molecule has 5 heteroatoms. The Kier molecular flexibility index (Phi) is 4.02. The summed E-state index contributed by atoms with van der Waals surface area (Å²) in [5, 5.41) is 9.09. The summed E-state index contributed by atoms with van der Waals surface area (Å²) < 4.78 is 0. The molecule has 2 heterocycles. The van der Waals surface area contributed by atoms with Gasteiger partial charge in [-0.05, 0) is 33.1 Å². The third-order valence-electron chi connectivity index (χ3n) is 5.39. The summed E-state index contributed by atoms with van der Waals surface area (Å²) in [6.45, 7) is 9.20. The first-order valence-electron chi connectivity index (χ1n) is 8.03. The molecule has 114 valence electrons. The second kappa shape index (κ2) is 5.62. The predicted octanol–water partition coefficient (Wildman–Crippen LogP) is 0.702. The summed E-state index contributed by atoms with van der Waals surface area (Å²) in [4.78, 5) is 18.4. The summed E-state index contributed by atoms with van der Waals surface area (Å²) >= 11 is 0. The second-order valence-corrected chi connectivity index (χ2v) is 6.75. The van der Waals surface area contributed by atoms with E-state index < -0.39 is 5.97 Å². The van der Waals surface area contributed by atoms with Crippen LogP contribution in [0.4, 0.5) is 0 Å². The van der Waals surface area contributed by atoms with Crippen LogP contribution in [-0.2, 0) is 4.79 Å². The van der Waals surface area contributed by atoms with Crippen LogP contribution in [0.25, 0.3) is 0 Å². The fourth-order valence-corrected chi connectivity index (χ4v) is 3.85. The highest BCUT2D eigenvalue weighted by atomic mass is 16.4. The molecule has 5 nitrogen and oxygen atoms in total. The summed E-state index contributed by atoms with van der Waals surface area (Å²) in [6, 6.07) is 1.93. The molecule has 0 radical (unpaired) electrons. The van der Waals surface area contributed by atoms with Gasteiger partial charge in [0, 0.05) is 50.8 Å². The number of carboxylic acid groups (broad SMARTS) is 1. The predicted molar refractivity (Wildman–Crippen MR) is 77.8 cm³/mol. The van der Waals surface area contributed by atoms with Crippen LogP contribution in [0, 0.1) is 0 Å². The Balaban J connectivity index is 1.50. The van der Waals surface area contributed by atoms with Gasteiger partial charge in [-0.15, -0.1) is 0 Å². The largest absolute Gasteiger partial charge is 0.480 e. The monoisotopic (exact) mass is 281 g/mol. The van der Waals surface area contributed by atoms with Gasteiger partial charge in [0.1, 0.15) is 6.04 Å². The van der Waals surface area contributed by atoms with Gasteiger partial charge in [0.15, 0.2) is 0 Å². The first-order valence-corrected chi connectivity index (χ1v) is 8.03. The van der Waals surface area contributed by atoms with Crippen molar-refractivity contribution in [1.29, 1.82) is 0 Å². The van der Waals surface area contributed by atoms with Crippen molar-refractivity contribution in [3.63, 3.8) is 0 Å². The fourth-order valence-electron chi connectivity index (χ4n) is 3.85. The Morgan fingerprint density at radius 1 is 1.15 bits per heavy atom. The van der Waals surface area contributed by atoms with Gasteiger partial charge in [0.2, 0.25) is 0 Å². The van der Waals surface area contributed by atoms with E-state index in [0.29, 0.717) is 6.04 Å². The molecule has 0 spiro atoms. The Bertz CT molecular complexity index is 364. The molecule has 0 amide bonds. The Hall–Kier alpha value is -0.650. The third kappa shape index (κ3) is 2.85. The summed E-state index contributed by atoms with van der Waals surface area (Å²) in [5.74, 6) is -0.701. The number of carboxylic acids is 1. The minimum absolute atomic E-state index is 0.345. The van der Waals surface area contributed by atoms with Crippen LogP contribution in [0.5, 0.6) is 0 Å². The zero-order valence-corrected chi connectivity index (χ0v) is 12.7. The number of carbonyl (C=O) groups is 1. The average Bonchev–Trinajstić information content (AvgIpc) is 3.21. The molecule has 2 saturated heterocycles. The van der Waals surface area contributed by atoms with Gasteiger partial charge in [0.05, 0.1) is 0 Å². The quantitative estimate of drug-likeness (QED) is 0.822. The first kappa shape index (κ1) is 14.3. The van der Waals surface area contributed by atoms with Crippen LogP contribution in [0.1, 0.15) is 33.1 Å². The Labute approximate surface area is 121 Å². The molecule has 3 aliphatic rings. The fraction of sp³-hybridized carbons (Fsp3) is 0.933. The van der Waals surface area contributed by atoms with Crippen molar-refractivity contribution >= 4 is 5.97 Å². The minimum atomic E-state index is -0.701. The molecule has 20 heavy (non-hydrogen) atoms. The van der Waals surface area contributed by atoms with E-state index in [9.17, 15) is 4.79 Å². The molecule has 3 unspecified atom stereocenters. The van der Waals surface area contributed by atoms with Gasteiger partial charge < -0.3 is 5.11 Å². The lowest BCUT2D eigenvalue weighted by Crippen LogP contribution is -2.54. The molecular weight excluding hydrogens is 254 g/mol. The third-order valence-corrected chi connectivity index (χ3v) is 5.39. The first-order chi connectivity index (χ1) is 9.56. The highest BCUT2D eigenvalue weighted by Crippen LogP contribution is 2.34. The molecular formula is C15H27N3O2. The topological polar surface area (TPSA) is 47.0 Å². The maximum atomic E-state index is 11.0. The molecule has 3 rings (SSSR count). The molecule has 3 fully saturated rings. The molecule has 0 aromatic heterocycles. The van der Waals surface area contributed by atoms with E-state index in [4.69, 9.17) is 5.11 Å². The van der Waals surface area contributed by atoms with Crippen molar-refractivity contribution < 1.29 is 9.90 Å². The lowest BCUT2D eigenvalue weighted by atomic mass is 10.1. The van der Waals surface area contributed by atoms with Gasteiger partial charge in [0.25, 0.3) is 0 Å². The maximum Gasteiger partial charge on any atom is 0.320 e. The van der Waals surface area contributed by atoms with E-state index in [1.54, 1.807) is 6.92 Å². The van der Waals surface area contributed by atoms with Crippen LogP contribution in [0.15, 0.2) is 0 Å². The number of aliphatic carboxylic acids is 1. The van der Waals surface area contributed by atoms with Gasteiger partial charge in [-0.2, -0.15) is 0 Å². The van der Waals surface area contributed by atoms with Crippen molar-refractivity contribution in [2.75, 3.05) is 32.7 Å². The van der Waals surface area contributed by atoms with Crippen LogP contribution in [0.2, 0.25) is 0 Å². The Morgan fingerprint density at radius 3 is 2.35 bits per heavy atom. The van der Waals surface area contributed by atoms with Crippen LogP contribution < -0.4 is 0 Å². The van der Waals surface area contributed by atoms with E-state index in [1.165, 1.54) is 25.8 Å². The average molecular weight is 281 g/mol. The van der Waals surface area contributed by atoms with E-state index >= 15 is 0 Å². The van der Waals surface area contributed by atoms with Gasteiger partial charge in [-0.25, -0.2) is 0 Å². The normalized spacial score (nSPS) is 35.3. The summed E-state index contributed by atoms with van der Waals surface area (Å²) in [6.07, 6.45) is 4.06. The number of hydrogen-bond acceptors (Lipinski definition) is 4. The van der Waals surface area contributed by atoms with Crippen molar-refractivity contribution in [2.24, 2.45) is 0 Å². The summed E-state index contributed by atoms with van der Waals surface area (Å²) in [7, 11) is 0. The molecule has 1 saturated carbocycles. The highest BCUT2D eigenvalue weighted by Gasteiger charge is 2.41. The molecule has 1 aliphatic carbocycles. The van der Waals surface area contributed by atoms with E-state index in [1.807, 2.05) is 0 Å². The van der Waals surface area contributed by atoms with Crippen LogP contribution >= 0.6 is 0 Å².